The highest BCUT2D eigenvalue weighted by molar-refractivity contribution is 5.88. The molecule has 200 valence electrons. The summed E-state index contributed by atoms with van der Waals surface area (Å²) in [6, 6.07) is 5.56. The molecule has 0 aliphatic rings. The smallest absolute Gasteiger partial charge is 0.297 e. The second kappa shape index (κ2) is 16.1. The van der Waals surface area contributed by atoms with Crippen molar-refractivity contribution in [2.75, 3.05) is 13.2 Å². The zero-order valence-corrected chi connectivity index (χ0v) is 23.2. The first-order chi connectivity index (χ1) is 17.4. The normalized spacial score (nSPS) is 11.6. The van der Waals surface area contributed by atoms with Crippen molar-refractivity contribution in [3.8, 4) is 17.2 Å². The highest BCUT2D eigenvalue weighted by Gasteiger charge is 2.18. The van der Waals surface area contributed by atoms with Gasteiger partial charge in [-0.2, -0.15) is 0 Å². The largest absolute Gasteiger partial charge is 0.504 e. The molecule has 0 unspecified atom stereocenters. The summed E-state index contributed by atoms with van der Waals surface area (Å²) < 4.78 is 13.5. The van der Waals surface area contributed by atoms with Crippen LogP contribution in [0.2, 0.25) is 0 Å². The molecular formula is C31H47NO4. The average molecular weight is 498 g/mol. The van der Waals surface area contributed by atoms with Crippen LogP contribution in [0.5, 0.6) is 17.2 Å². The minimum absolute atomic E-state index is 0.0292. The van der Waals surface area contributed by atoms with Crippen LogP contribution < -0.4 is 15.0 Å². The van der Waals surface area contributed by atoms with Crippen molar-refractivity contribution in [2.24, 2.45) is 0 Å². The molecule has 5 nitrogen and oxygen atoms in total. The molecule has 0 bridgehead atoms. The summed E-state index contributed by atoms with van der Waals surface area (Å²) in [5.74, 6) is 0.654. The molecule has 0 aliphatic heterocycles. The van der Waals surface area contributed by atoms with Crippen molar-refractivity contribution in [3.63, 3.8) is 0 Å². The molecule has 0 radical (unpaired) electrons. The van der Waals surface area contributed by atoms with E-state index in [0.29, 0.717) is 24.1 Å². The molecule has 36 heavy (non-hydrogen) atoms. The lowest BCUT2D eigenvalue weighted by molar-refractivity contribution is 0.309. The molecule has 2 rings (SSSR count). The van der Waals surface area contributed by atoms with E-state index in [1.807, 2.05) is 24.3 Å². The molecular weight excluding hydrogens is 450 g/mol. The molecule has 1 N–H and O–H groups in total. The third-order valence-corrected chi connectivity index (χ3v) is 6.42. The van der Waals surface area contributed by atoms with Crippen LogP contribution >= 0.6 is 0 Å². The Morgan fingerprint density at radius 1 is 0.944 bits per heavy atom. The Morgan fingerprint density at radius 2 is 1.67 bits per heavy atom. The van der Waals surface area contributed by atoms with E-state index in [0.717, 1.165) is 44.3 Å². The second-order valence-corrected chi connectivity index (χ2v) is 9.96. The number of pyridine rings is 1. The standard InChI is InChI=1S/C31H47NO4/c1-6-8-10-11-12-13-20-32-28-23-26(35-21-9-7-2)17-18-27(28)29(33)30(31(32)34)36-22-19-25(5)16-14-15-24(3)4/h15,17-19,23,33H,6-14,16,20-22H2,1-5H3/b25-19+. The van der Waals surface area contributed by atoms with E-state index in [-0.39, 0.29) is 23.7 Å². The van der Waals surface area contributed by atoms with Gasteiger partial charge in [0.15, 0.2) is 5.75 Å². The fourth-order valence-electron chi connectivity index (χ4n) is 4.17. The number of fused-ring (bicyclic) bond motifs is 1. The quantitative estimate of drug-likeness (QED) is 0.176. The summed E-state index contributed by atoms with van der Waals surface area (Å²) in [6.07, 6.45) is 15.0. The van der Waals surface area contributed by atoms with Gasteiger partial charge in [0.1, 0.15) is 12.4 Å². The Hall–Kier alpha value is -2.69. The second-order valence-electron chi connectivity index (χ2n) is 9.96. The van der Waals surface area contributed by atoms with E-state index in [1.165, 1.54) is 36.8 Å². The van der Waals surface area contributed by atoms with E-state index in [2.05, 4.69) is 40.7 Å². The summed E-state index contributed by atoms with van der Waals surface area (Å²) in [5, 5.41) is 11.6. The summed E-state index contributed by atoms with van der Waals surface area (Å²) in [5.41, 5.74) is 2.93. The SMILES string of the molecule is CCCCCCCCn1c(=O)c(OC/C=C(\C)CCC=C(C)C)c(O)c2ccc(OCCCC)cc21. The molecule has 1 aromatic heterocycles. The van der Waals surface area contributed by atoms with Crippen LogP contribution in [-0.2, 0) is 6.54 Å². The summed E-state index contributed by atoms with van der Waals surface area (Å²) in [7, 11) is 0. The summed E-state index contributed by atoms with van der Waals surface area (Å²) in [6.45, 7) is 12.1. The highest BCUT2D eigenvalue weighted by Crippen LogP contribution is 2.34. The molecule has 0 aliphatic carbocycles. The highest BCUT2D eigenvalue weighted by atomic mass is 16.5. The van der Waals surface area contributed by atoms with Gasteiger partial charge in [-0.25, -0.2) is 0 Å². The Morgan fingerprint density at radius 3 is 2.39 bits per heavy atom. The van der Waals surface area contributed by atoms with Gasteiger partial charge in [0.2, 0.25) is 5.75 Å². The zero-order chi connectivity index (χ0) is 26.3. The summed E-state index contributed by atoms with van der Waals surface area (Å²) in [4.78, 5) is 13.5. The number of benzene rings is 1. The maximum absolute atomic E-state index is 13.5. The Labute approximate surface area is 217 Å². The van der Waals surface area contributed by atoms with Crippen molar-refractivity contribution < 1.29 is 14.6 Å². The van der Waals surface area contributed by atoms with E-state index >= 15 is 0 Å². The zero-order valence-electron chi connectivity index (χ0n) is 23.2. The van der Waals surface area contributed by atoms with Gasteiger partial charge >= 0.3 is 0 Å². The van der Waals surface area contributed by atoms with Gasteiger partial charge in [-0.15, -0.1) is 0 Å². The fourth-order valence-corrected chi connectivity index (χ4v) is 4.17. The number of hydrogen-bond acceptors (Lipinski definition) is 4. The van der Waals surface area contributed by atoms with Crippen LogP contribution in [0.1, 0.15) is 98.8 Å². The first kappa shape index (κ1) is 29.5. The number of nitrogens with zero attached hydrogens (tertiary/aromatic N) is 1. The van der Waals surface area contributed by atoms with Crippen LogP contribution in [0, 0.1) is 0 Å². The minimum atomic E-state index is -0.283. The van der Waals surface area contributed by atoms with Crippen molar-refractivity contribution in [1.82, 2.24) is 4.57 Å². The average Bonchev–Trinajstić information content (AvgIpc) is 2.85. The first-order valence-electron chi connectivity index (χ1n) is 13.8. The molecule has 1 aromatic carbocycles. The minimum Gasteiger partial charge on any atom is -0.504 e. The predicted molar refractivity (Wildman–Crippen MR) is 152 cm³/mol. The molecule has 0 atom stereocenters. The molecule has 0 fully saturated rings. The van der Waals surface area contributed by atoms with Gasteiger partial charge in [0.05, 0.1) is 12.1 Å². The lowest BCUT2D eigenvalue weighted by Crippen LogP contribution is -2.23. The van der Waals surface area contributed by atoms with E-state index in [9.17, 15) is 9.90 Å². The molecule has 0 saturated carbocycles. The molecule has 5 heteroatoms. The third kappa shape index (κ3) is 9.40. The predicted octanol–water partition coefficient (Wildman–Crippen LogP) is 8.32. The molecule has 0 spiro atoms. The molecule has 2 aromatic rings. The number of rotatable bonds is 17. The van der Waals surface area contributed by atoms with Gasteiger partial charge in [-0.1, -0.05) is 69.6 Å². The Balaban J connectivity index is 2.28. The number of hydrogen-bond donors (Lipinski definition) is 1. The van der Waals surface area contributed by atoms with E-state index in [1.54, 1.807) is 4.57 Å². The molecule has 0 saturated heterocycles. The van der Waals surface area contributed by atoms with Crippen molar-refractivity contribution in [3.05, 3.63) is 51.9 Å². The van der Waals surface area contributed by atoms with Crippen molar-refractivity contribution in [2.45, 2.75) is 105 Å². The van der Waals surface area contributed by atoms with Gasteiger partial charge in [-0.05, 0) is 64.7 Å². The third-order valence-electron chi connectivity index (χ3n) is 6.42. The van der Waals surface area contributed by atoms with Gasteiger partial charge in [-0.3, -0.25) is 4.79 Å². The van der Waals surface area contributed by atoms with Crippen LogP contribution in [-0.4, -0.2) is 22.9 Å². The number of allylic oxidation sites excluding steroid dienone is 3. The number of aryl methyl sites for hydroxylation is 1. The first-order valence-corrected chi connectivity index (χ1v) is 13.8. The Bertz CT molecular complexity index is 1060. The Kier molecular flexibility index (Phi) is 13.2. The van der Waals surface area contributed by atoms with Gasteiger partial charge in [0, 0.05) is 18.0 Å². The number of unbranched alkanes of at least 4 members (excludes halogenated alkanes) is 6. The number of aromatic nitrogens is 1. The monoisotopic (exact) mass is 497 g/mol. The van der Waals surface area contributed by atoms with Crippen LogP contribution in [0.15, 0.2) is 46.3 Å². The van der Waals surface area contributed by atoms with Crippen molar-refractivity contribution >= 4 is 10.9 Å². The summed E-state index contributed by atoms with van der Waals surface area (Å²) >= 11 is 0. The fraction of sp³-hybridized carbons (Fsp3) is 0.581. The molecule has 1 heterocycles. The number of ether oxygens (including phenoxy) is 2. The maximum atomic E-state index is 13.5. The van der Waals surface area contributed by atoms with E-state index < -0.39 is 0 Å². The van der Waals surface area contributed by atoms with Gasteiger partial charge in [0.25, 0.3) is 5.56 Å². The van der Waals surface area contributed by atoms with E-state index in [4.69, 9.17) is 9.47 Å². The van der Waals surface area contributed by atoms with Crippen molar-refractivity contribution in [1.29, 1.82) is 0 Å². The van der Waals surface area contributed by atoms with Crippen LogP contribution in [0.25, 0.3) is 10.9 Å². The van der Waals surface area contributed by atoms with Crippen LogP contribution in [0.3, 0.4) is 0 Å². The molecule has 0 amide bonds. The van der Waals surface area contributed by atoms with Crippen LogP contribution in [0.4, 0.5) is 0 Å². The lowest BCUT2D eigenvalue weighted by Gasteiger charge is -2.16. The lowest BCUT2D eigenvalue weighted by atomic mass is 10.1. The topological polar surface area (TPSA) is 60.7 Å². The maximum Gasteiger partial charge on any atom is 0.297 e. The number of aromatic hydroxyl groups is 1. The van der Waals surface area contributed by atoms with Gasteiger partial charge < -0.3 is 19.1 Å².